The molecule has 2 heteroatoms. The summed E-state index contributed by atoms with van der Waals surface area (Å²) in [7, 11) is 0. The third-order valence-corrected chi connectivity index (χ3v) is 9.65. The molecule has 10 rings (SSSR count). The smallest absolute Gasteiger partial charge is 0.0629 e. The van der Waals surface area contributed by atoms with Crippen molar-refractivity contribution >= 4 is 43.6 Å². The maximum absolute atomic E-state index is 9.30. The van der Waals surface area contributed by atoms with Gasteiger partial charge in [0.25, 0.3) is 0 Å². The summed E-state index contributed by atoms with van der Waals surface area (Å²) in [6.07, 6.45) is 0. The standard InChI is InChI=1S/C50H36N2/c1-33-22-25-47-43(28-33)44-29-34(2)23-26-48(44)51(47)39-24-27-49-45(32-39)40-20-12-13-21-46(40)52(49)50-41(36-16-8-4-9-17-36)30-38(35-14-6-3-7-15-35)31-42(50)37-18-10-5-11-19-37/h3-32H,1-2H3/i3D,4D,5D,6D,7D,8D,9D,10D,11D,14D,15D,16D,17D,18D,19D. The first-order valence-corrected chi connectivity index (χ1v) is 16.8. The van der Waals surface area contributed by atoms with E-state index in [0.717, 1.165) is 49.4 Å². The molecule has 2 heterocycles. The average molecular weight is 680 g/mol. The highest BCUT2D eigenvalue weighted by Crippen LogP contribution is 2.44. The number of rotatable bonds is 5. The Bertz CT molecular complexity index is 3610. The van der Waals surface area contributed by atoms with Crippen LogP contribution in [0.4, 0.5) is 0 Å². The fourth-order valence-corrected chi connectivity index (χ4v) is 7.43. The van der Waals surface area contributed by atoms with Crippen molar-refractivity contribution in [2.24, 2.45) is 0 Å². The first kappa shape index (κ1) is 18.6. The highest BCUT2D eigenvalue weighted by Gasteiger charge is 2.22. The average Bonchev–Trinajstić information content (AvgIpc) is 3.81. The predicted octanol–water partition coefficient (Wildman–Crippen LogP) is 13.5. The molecule has 0 radical (unpaired) electrons. The van der Waals surface area contributed by atoms with Gasteiger partial charge in [-0.25, -0.2) is 0 Å². The van der Waals surface area contributed by atoms with Crippen molar-refractivity contribution < 1.29 is 20.6 Å². The quantitative estimate of drug-likeness (QED) is 0.171. The third kappa shape index (κ3) is 4.80. The van der Waals surface area contributed by atoms with E-state index in [1.165, 1.54) is 12.1 Å². The van der Waals surface area contributed by atoms with E-state index in [4.69, 9.17) is 15.1 Å². The lowest BCUT2D eigenvalue weighted by Gasteiger charge is -2.21. The molecule has 0 saturated carbocycles. The van der Waals surface area contributed by atoms with Crippen molar-refractivity contribution in [2.45, 2.75) is 13.8 Å². The van der Waals surface area contributed by atoms with Gasteiger partial charge in [0.1, 0.15) is 0 Å². The number of para-hydroxylation sites is 1. The second-order valence-electron chi connectivity index (χ2n) is 12.9. The van der Waals surface area contributed by atoms with Crippen LogP contribution < -0.4 is 0 Å². The molecule has 0 saturated heterocycles. The lowest BCUT2D eigenvalue weighted by atomic mass is 9.90. The topological polar surface area (TPSA) is 9.86 Å². The molecule has 0 aliphatic heterocycles. The molecule has 52 heavy (non-hydrogen) atoms. The van der Waals surface area contributed by atoms with E-state index >= 15 is 0 Å². The fourth-order valence-electron chi connectivity index (χ4n) is 7.43. The Morgan fingerprint density at radius 3 is 1.42 bits per heavy atom. The van der Waals surface area contributed by atoms with Crippen LogP contribution in [0.2, 0.25) is 0 Å². The first-order chi connectivity index (χ1) is 31.8. The Labute approximate surface area is 324 Å². The van der Waals surface area contributed by atoms with E-state index in [2.05, 4.69) is 41.0 Å². The summed E-state index contributed by atoms with van der Waals surface area (Å²) in [4.78, 5) is 0. The highest BCUT2D eigenvalue weighted by molar-refractivity contribution is 6.13. The molecule has 0 amide bonds. The third-order valence-electron chi connectivity index (χ3n) is 9.65. The number of nitrogens with zero attached hydrogens (tertiary/aromatic N) is 2. The number of aryl methyl sites for hydroxylation is 2. The van der Waals surface area contributed by atoms with Crippen molar-refractivity contribution in [3.05, 3.63) is 193 Å². The summed E-state index contributed by atoms with van der Waals surface area (Å²) >= 11 is 0. The van der Waals surface area contributed by atoms with Gasteiger partial charge in [0.05, 0.1) is 48.3 Å². The Kier molecular flexibility index (Phi) is 4.28. The van der Waals surface area contributed by atoms with Crippen molar-refractivity contribution in [1.29, 1.82) is 0 Å². The van der Waals surface area contributed by atoms with E-state index in [9.17, 15) is 5.48 Å². The maximum atomic E-state index is 9.30. The summed E-state index contributed by atoms with van der Waals surface area (Å²) in [5, 5.41) is 3.59. The summed E-state index contributed by atoms with van der Waals surface area (Å²) in [5.41, 5.74) is 4.85. The lowest BCUT2D eigenvalue weighted by Crippen LogP contribution is -2.02. The predicted molar refractivity (Wildman–Crippen MR) is 221 cm³/mol. The Morgan fingerprint density at radius 2 is 0.846 bits per heavy atom. The van der Waals surface area contributed by atoms with Gasteiger partial charge in [0.2, 0.25) is 0 Å². The molecule has 0 bridgehead atoms. The largest absolute Gasteiger partial charge is 0.309 e. The molecule has 246 valence electrons. The Balaban J connectivity index is 1.42. The minimum Gasteiger partial charge on any atom is -0.309 e. The van der Waals surface area contributed by atoms with E-state index in [1.807, 2.05) is 50.2 Å². The summed E-state index contributed by atoms with van der Waals surface area (Å²) in [5.74, 6) is 0. The van der Waals surface area contributed by atoms with Gasteiger partial charge in [0, 0.05) is 38.4 Å². The van der Waals surface area contributed by atoms with Crippen LogP contribution in [0.1, 0.15) is 31.7 Å². The van der Waals surface area contributed by atoms with Gasteiger partial charge in [-0.1, -0.05) is 132 Å². The number of hydrogen-bond donors (Lipinski definition) is 0. The zero-order chi connectivity index (χ0) is 47.8. The van der Waals surface area contributed by atoms with Crippen LogP contribution in [0.5, 0.6) is 0 Å². The van der Waals surface area contributed by atoms with E-state index in [-0.39, 0.29) is 39.1 Å². The van der Waals surface area contributed by atoms with Gasteiger partial charge in [-0.2, -0.15) is 0 Å². The van der Waals surface area contributed by atoms with Crippen LogP contribution in [0.15, 0.2) is 182 Å². The molecule has 2 aromatic heterocycles. The molecular formula is C50H36N2. The monoisotopic (exact) mass is 679 g/mol. The normalized spacial score (nSPS) is 15.7. The van der Waals surface area contributed by atoms with Crippen LogP contribution in [-0.2, 0) is 0 Å². The number of hydrogen-bond acceptors (Lipinski definition) is 0. The van der Waals surface area contributed by atoms with Crippen molar-refractivity contribution in [2.75, 3.05) is 0 Å². The lowest BCUT2D eigenvalue weighted by molar-refractivity contribution is 1.17. The molecule has 0 aliphatic carbocycles. The molecule has 2 nitrogen and oxygen atoms in total. The minimum atomic E-state index is -0.678. The molecule has 0 N–H and O–H groups in total. The SMILES string of the molecule is [2H]c1c([2H])c([2H])c(-c2cc(-c3c([2H])c([2H])c([2H])c([2H])c3[2H])c(-n3c4ccccc4c4cc(-n5c6ccc(C)cc6c6cc(C)ccc65)ccc43)c(-c3c([2H])c([2H])c([2H])c([2H])c3[2H])c2)c([2H])c1[2H]. The molecule has 0 fully saturated rings. The van der Waals surface area contributed by atoms with Crippen LogP contribution in [0, 0.1) is 13.8 Å². The molecule has 0 spiro atoms. The second-order valence-corrected chi connectivity index (χ2v) is 12.9. The molecule has 0 atom stereocenters. The summed E-state index contributed by atoms with van der Waals surface area (Å²) in [6.45, 7) is 4.10. The summed E-state index contributed by atoms with van der Waals surface area (Å²) in [6, 6.07) is 18.8. The number of fused-ring (bicyclic) bond motifs is 6. The number of benzene rings is 8. The summed E-state index contributed by atoms with van der Waals surface area (Å²) < 4.78 is 137. The first-order valence-electron chi connectivity index (χ1n) is 24.3. The molecule has 10 aromatic rings. The van der Waals surface area contributed by atoms with Crippen molar-refractivity contribution in [1.82, 2.24) is 9.13 Å². The van der Waals surface area contributed by atoms with E-state index in [0.29, 0.717) is 11.0 Å². The van der Waals surface area contributed by atoms with Crippen LogP contribution >= 0.6 is 0 Å². The van der Waals surface area contributed by atoms with Gasteiger partial charge >= 0.3 is 0 Å². The Hall–Kier alpha value is -6.64. The highest BCUT2D eigenvalue weighted by atomic mass is 15.0. The molecular weight excluding hydrogens is 629 g/mol. The van der Waals surface area contributed by atoms with Gasteiger partial charge in [-0.05, 0) is 96.8 Å². The van der Waals surface area contributed by atoms with E-state index < -0.39 is 90.6 Å². The van der Waals surface area contributed by atoms with Crippen molar-refractivity contribution in [3.63, 3.8) is 0 Å². The van der Waals surface area contributed by atoms with Crippen LogP contribution in [0.25, 0.3) is 88.4 Å². The van der Waals surface area contributed by atoms with Crippen molar-refractivity contribution in [3.8, 4) is 44.8 Å². The van der Waals surface area contributed by atoms with Crippen LogP contribution in [0.3, 0.4) is 0 Å². The van der Waals surface area contributed by atoms with Gasteiger partial charge in [-0.15, -0.1) is 0 Å². The maximum Gasteiger partial charge on any atom is 0.0629 e. The van der Waals surface area contributed by atoms with Gasteiger partial charge < -0.3 is 9.13 Å². The zero-order valence-electron chi connectivity index (χ0n) is 43.1. The van der Waals surface area contributed by atoms with E-state index in [1.54, 1.807) is 10.6 Å². The number of aromatic nitrogens is 2. The second kappa shape index (κ2) is 12.0. The molecule has 0 unspecified atom stereocenters. The molecule has 8 aromatic carbocycles. The van der Waals surface area contributed by atoms with Gasteiger partial charge in [-0.3, -0.25) is 0 Å². The van der Waals surface area contributed by atoms with Crippen LogP contribution in [-0.4, -0.2) is 9.13 Å². The minimum absolute atomic E-state index is 0.0509. The fraction of sp³-hybridized carbons (Fsp3) is 0.0400. The molecule has 0 aliphatic rings. The van der Waals surface area contributed by atoms with Gasteiger partial charge in [0.15, 0.2) is 0 Å². The Morgan fingerprint density at radius 1 is 0.385 bits per heavy atom. The zero-order valence-corrected chi connectivity index (χ0v) is 28.1.